The Balaban J connectivity index is 1.47. The minimum Gasteiger partial charge on any atom is -0.358 e. The summed E-state index contributed by atoms with van der Waals surface area (Å²) in [5, 5.41) is 13.9. The summed E-state index contributed by atoms with van der Waals surface area (Å²) in [4.78, 5) is 21.4. The van der Waals surface area contributed by atoms with Crippen LogP contribution in [0.3, 0.4) is 0 Å². The van der Waals surface area contributed by atoms with E-state index >= 15 is 0 Å². The first-order chi connectivity index (χ1) is 15.0. The largest absolute Gasteiger partial charge is 0.358 e. The number of rotatable bonds is 4. The van der Waals surface area contributed by atoms with E-state index in [1.807, 2.05) is 35.7 Å². The number of halogens is 1. The van der Waals surface area contributed by atoms with E-state index in [0.29, 0.717) is 21.5 Å². The molecular formula is C25H20ClN3OS. The molecule has 4 aromatic rings. The van der Waals surface area contributed by atoms with Gasteiger partial charge in [0.25, 0.3) is 0 Å². The lowest BCUT2D eigenvalue weighted by molar-refractivity contribution is 0.0979. The Morgan fingerprint density at radius 2 is 2.10 bits per heavy atom. The molecule has 0 saturated carbocycles. The summed E-state index contributed by atoms with van der Waals surface area (Å²) in [7, 11) is 0. The standard InChI is InChI=1S/C25H20ClN3OS/c1-14-2-8-21-18(10-14)19-11-16(5-9-22(19)28-21)24(30)20(12-27)25-29-23(13-31-25)15-3-6-17(26)7-4-15/h3-7,9,11,13-14,20,28H,2,8,10H2,1H3/t14-,20+/m1/s1. The molecule has 0 saturated heterocycles. The Hall–Kier alpha value is -2.94. The molecule has 0 amide bonds. The van der Waals surface area contributed by atoms with Crippen LogP contribution in [0.15, 0.2) is 47.8 Å². The maximum absolute atomic E-state index is 13.3. The molecule has 4 nitrogen and oxygen atoms in total. The molecule has 1 aliphatic carbocycles. The number of Topliss-reactive ketones (excluding diaryl/α,β-unsaturated/α-hetero) is 1. The van der Waals surface area contributed by atoms with E-state index in [4.69, 9.17) is 11.6 Å². The van der Waals surface area contributed by atoms with Crippen LogP contribution in [-0.2, 0) is 12.8 Å². The lowest BCUT2D eigenvalue weighted by atomic mass is 9.87. The van der Waals surface area contributed by atoms with Crippen molar-refractivity contribution in [2.75, 3.05) is 0 Å². The number of aromatic amines is 1. The molecule has 2 heterocycles. The first-order valence-electron chi connectivity index (χ1n) is 10.3. The van der Waals surface area contributed by atoms with Crippen molar-refractivity contribution in [2.45, 2.75) is 32.1 Å². The second-order valence-corrected chi connectivity index (χ2v) is 9.52. The number of hydrogen-bond donors (Lipinski definition) is 1. The van der Waals surface area contributed by atoms with E-state index in [-0.39, 0.29) is 5.78 Å². The number of ketones is 1. The highest BCUT2D eigenvalue weighted by molar-refractivity contribution is 7.10. The summed E-state index contributed by atoms with van der Waals surface area (Å²) in [6, 6.07) is 15.3. The first kappa shape index (κ1) is 20.0. The van der Waals surface area contributed by atoms with Crippen LogP contribution in [0, 0.1) is 17.2 Å². The zero-order chi connectivity index (χ0) is 21.5. The summed E-state index contributed by atoms with van der Waals surface area (Å²) in [5.74, 6) is -0.489. The molecule has 1 aliphatic rings. The van der Waals surface area contributed by atoms with Gasteiger partial charge in [0.1, 0.15) is 5.01 Å². The molecule has 2 aromatic heterocycles. The van der Waals surface area contributed by atoms with Gasteiger partial charge in [0.2, 0.25) is 0 Å². The van der Waals surface area contributed by atoms with Crippen molar-refractivity contribution in [3.63, 3.8) is 0 Å². The summed E-state index contributed by atoms with van der Waals surface area (Å²) in [6.07, 6.45) is 3.25. The minimum atomic E-state index is -0.919. The van der Waals surface area contributed by atoms with Crippen molar-refractivity contribution >= 4 is 39.6 Å². The molecular weight excluding hydrogens is 426 g/mol. The van der Waals surface area contributed by atoms with Crippen molar-refractivity contribution in [3.05, 3.63) is 74.7 Å². The van der Waals surface area contributed by atoms with Crippen molar-refractivity contribution in [1.29, 1.82) is 5.26 Å². The molecule has 0 spiro atoms. The zero-order valence-electron chi connectivity index (χ0n) is 17.0. The normalized spacial score (nSPS) is 16.6. The van der Waals surface area contributed by atoms with Gasteiger partial charge in [-0.15, -0.1) is 11.3 Å². The number of aryl methyl sites for hydroxylation is 1. The lowest BCUT2D eigenvalue weighted by Gasteiger charge is -2.18. The van der Waals surface area contributed by atoms with E-state index < -0.39 is 5.92 Å². The van der Waals surface area contributed by atoms with Crippen LogP contribution in [0.5, 0.6) is 0 Å². The predicted molar refractivity (Wildman–Crippen MR) is 125 cm³/mol. The van der Waals surface area contributed by atoms with Crippen LogP contribution in [0.2, 0.25) is 5.02 Å². The van der Waals surface area contributed by atoms with Crippen LogP contribution < -0.4 is 0 Å². The van der Waals surface area contributed by atoms with Crippen LogP contribution >= 0.6 is 22.9 Å². The molecule has 0 radical (unpaired) electrons. The molecule has 5 rings (SSSR count). The second-order valence-electron chi connectivity index (χ2n) is 8.19. The fourth-order valence-electron chi connectivity index (χ4n) is 4.31. The van der Waals surface area contributed by atoms with E-state index in [0.717, 1.165) is 35.0 Å². The van der Waals surface area contributed by atoms with Crippen molar-refractivity contribution in [1.82, 2.24) is 9.97 Å². The number of H-pyrrole nitrogens is 1. The lowest BCUT2D eigenvalue weighted by Crippen LogP contribution is -2.11. The van der Waals surface area contributed by atoms with Gasteiger partial charge in [0.15, 0.2) is 11.7 Å². The first-order valence-corrected chi connectivity index (χ1v) is 11.6. The topological polar surface area (TPSA) is 69.5 Å². The SMILES string of the molecule is C[C@@H]1CCc2[nH]c3ccc(C(=O)[C@H](C#N)c4nc(-c5ccc(Cl)cc5)cs4)cc3c2C1. The predicted octanol–water partition coefficient (Wildman–Crippen LogP) is 6.56. The fraction of sp³-hybridized carbons (Fsp3) is 0.240. The third-order valence-electron chi connectivity index (χ3n) is 6.02. The van der Waals surface area contributed by atoms with Crippen LogP contribution in [0.25, 0.3) is 22.2 Å². The number of nitrogens with one attached hydrogen (secondary N) is 1. The van der Waals surface area contributed by atoms with E-state index in [1.54, 1.807) is 12.1 Å². The summed E-state index contributed by atoms with van der Waals surface area (Å²) in [6.45, 7) is 2.27. The Bertz CT molecular complexity index is 1330. The summed E-state index contributed by atoms with van der Waals surface area (Å²) in [5.41, 5.74) is 5.86. The number of hydrogen-bond acceptors (Lipinski definition) is 4. The van der Waals surface area contributed by atoms with Crippen LogP contribution in [-0.4, -0.2) is 15.8 Å². The Morgan fingerprint density at radius 3 is 2.87 bits per heavy atom. The Morgan fingerprint density at radius 1 is 1.29 bits per heavy atom. The highest BCUT2D eigenvalue weighted by Gasteiger charge is 2.27. The van der Waals surface area contributed by atoms with Crippen molar-refractivity contribution < 1.29 is 4.79 Å². The van der Waals surface area contributed by atoms with Gasteiger partial charge in [0, 0.05) is 38.1 Å². The molecule has 2 aromatic carbocycles. The highest BCUT2D eigenvalue weighted by Crippen LogP contribution is 2.34. The monoisotopic (exact) mass is 445 g/mol. The van der Waals surface area contributed by atoms with E-state index in [9.17, 15) is 10.1 Å². The quantitative estimate of drug-likeness (QED) is 0.361. The maximum Gasteiger partial charge on any atom is 0.186 e. The minimum absolute atomic E-state index is 0.208. The van der Waals surface area contributed by atoms with Gasteiger partial charge in [-0.05, 0) is 61.1 Å². The number of carbonyl (C=O) groups is 1. The highest BCUT2D eigenvalue weighted by atomic mass is 35.5. The summed E-state index contributed by atoms with van der Waals surface area (Å²) >= 11 is 7.30. The van der Waals surface area contributed by atoms with Crippen LogP contribution in [0.4, 0.5) is 0 Å². The number of nitrogens with zero attached hydrogens (tertiary/aromatic N) is 2. The number of carbonyl (C=O) groups excluding carboxylic acids is 1. The third kappa shape index (κ3) is 3.67. The van der Waals surface area contributed by atoms with Crippen molar-refractivity contribution in [2.24, 2.45) is 5.92 Å². The van der Waals surface area contributed by atoms with Gasteiger partial charge in [-0.2, -0.15) is 5.26 Å². The fourth-order valence-corrected chi connectivity index (χ4v) is 5.30. The van der Waals surface area contributed by atoms with Gasteiger partial charge in [-0.1, -0.05) is 30.7 Å². The van der Waals surface area contributed by atoms with Crippen LogP contribution in [0.1, 0.15) is 45.9 Å². The van der Waals surface area contributed by atoms with Gasteiger partial charge in [-0.3, -0.25) is 4.79 Å². The van der Waals surface area contributed by atoms with E-state index in [2.05, 4.69) is 23.0 Å². The van der Waals surface area contributed by atoms with Crippen molar-refractivity contribution in [3.8, 4) is 17.3 Å². The van der Waals surface area contributed by atoms with Gasteiger partial charge < -0.3 is 4.98 Å². The average Bonchev–Trinajstić information content (AvgIpc) is 3.39. The molecule has 2 atom stereocenters. The summed E-state index contributed by atoms with van der Waals surface area (Å²) < 4.78 is 0. The third-order valence-corrected chi connectivity index (χ3v) is 7.18. The number of fused-ring (bicyclic) bond motifs is 3. The molecule has 154 valence electrons. The van der Waals surface area contributed by atoms with Gasteiger partial charge >= 0.3 is 0 Å². The zero-order valence-corrected chi connectivity index (χ0v) is 18.6. The molecule has 0 unspecified atom stereocenters. The smallest absolute Gasteiger partial charge is 0.186 e. The Labute approximate surface area is 189 Å². The molecule has 1 N–H and O–H groups in total. The number of nitriles is 1. The van der Waals surface area contributed by atoms with Gasteiger partial charge in [-0.25, -0.2) is 4.98 Å². The number of benzene rings is 2. The molecule has 0 aliphatic heterocycles. The van der Waals surface area contributed by atoms with E-state index in [1.165, 1.54) is 29.0 Å². The molecule has 0 fully saturated rings. The Kier molecular flexibility index (Phi) is 5.13. The number of thiazole rings is 1. The molecule has 0 bridgehead atoms. The molecule has 31 heavy (non-hydrogen) atoms. The second kappa shape index (κ2) is 7.96. The maximum atomic E-state index is 13.3. The average molecular weight is 446 g/mol. The molecule has 6 heteroatoms. The number of aromatic nitrogens is 2. The van der Waals surface area contributed by atoms with Gasteiger partial charge in [0.05, 0.1) is 11.8 Å².